The minimum atomic E-state index is -0.492. The summed E-state index contributed by atoms with van der Waals surface area (Å²) in [6.07, 6.45) is 3.31. The van der Waals surface area contributed by atoms with Gasteiger partial charge in [0, 0.05) is 6.20 Å². The van der Waals surface area contributed by atoms with Gasteiger partial charge in [-0.2, -0.15) is 0 Å². The van der Waals surface area contributed by atoms with Crippen LogP contribution in [0.4, 0.5) is 10.2 Å². The van der Waals surface area contributed by atoms with E-state index in [1.54, 1.807) is 19.1 Å². The fourth-order valence-electron chi connectivity index (χ4n) is 1.37. The highest BCUT2D eigenvalue weighted by Gasteiger charge is 2.03. The first-order valence-corrected chi connectivity index (χ1v) is 6.36. The second-order valence-corrected chi connectivity index (χ2v) is 4.59. The third kappa shape index (κ3) is 7.01. The standard InChI is InChI=1S/C14H16ClFN2O2/c1-10(7-11(2)16)5-6-20-9-14(19)18-13-4-3-12(15)8-17-13/h3-4,7-8H,2,5-6,9H2,1H3,(H,17,18,19)/b10-7+. The van der Waals surface area contributed by atoms with Crippen LogP contribution < -0.4 is 5.32 Å². The molecule has 20 heavy (non-hydrogen) atoms. The van der Waals surface area contributed by atoms with E-state index >= 15 is 0 Å². The van der Waals surface area contributed by atoms with Crippen LogP contribution in [0.2, 0.25) is 5.02 Å². The molecule has 1 aromatic rings. The Bertz CT molecular complexity index is 500. The average molecular weight is 299 g/mol. The van der Waals surface area contributed by atoms with Gasteiger partial charge in [0.15, 0.2) is 0 Å². The van der Waals surface area contributed by atoms with Crippen molar-refractivity contribution in [2.24, 2.45) is 0 Å². The number of carbonyl (C=O) groups excluding carboxylic acids is 1. The van der Waals surface area contributed by atoms with Crippen LogP contribution in [0.15, 0.2) is 42.4 Å². The van der Waals surface area contributed by atoms with Crippen molar-refractivity contribution < 1.29 is 13.9 Å². The van der Waals surface area contributed by atoms with E-state index in [1.165, 1.54) is 12.3 Å². The molecule has 0 saturated heterocycles. The lowest BCUT2D eigenvalue weighted by Crippen LogP contribution is -2.19. The van der Waals surface area contributed by atoms with Crippen molar-refractivity contribution in [2.75, 3.05) is 18.5 Å². The molecular formula is C14H16ClFN2O2. The largest absolute Gasteiger partial charge is 0.371 e. The third-order valence-electron chi connectivity index (χ3n) is 2.27. The predicted molar refractivity (Wildman–Crippen MR) is 77.3 cm³/mol. The van der Waals surface area contributed by atoms with Crippen LogP contribution in [0, 0.1) is 0 Å². The average Bonchev–Trinajstić information content (AvgIpc) is 2.37. The van der Waals surface area contributed by atoms with Crippen LogP contribution in [-0.2, 0) is 9.53 Å². The van der Waals surface area contributed by atoms with Crippen LogP contribution in [0.3, 0.4) is 0 Å². The summed E-state index contributed by atoms with van der Waals surface area (Å²) in [5, 5.41) is 3.06. The first-order chi connectivity index (χ1) is 9.47. The minimum absolute atomic E-state index is 0.0891. The van der Waals surface area contributed by atoms with E-state index in [4.69, 9.17) is 16.3 Å². The number of ether oxygens (including phenoxy) is 1. The smallest absolute Gasteiger partial charge is 0.251 e. The second-order valence-electron chi connectivity index (χ2n) is 4.15. The summed E-state index contributed by atoms with van der Waals surface area (Å²) >= 11 is 5.68. The van der Waals surface area contributed by atoms with Gasteiger partial charge in [-0.3, -0.25) is 4.79 Å². The monoisotopic (exact) mass is 298 g/mol. The van der Waals surface area contributed by atoms with E-state index < -0.39 is 5.83 Å². The molecule has 0 aliphatic rings. The Morgan fingerprint density at radius 2 is 2.35 bits per heavy atom. The molecule has 4 nitrogen and oxygen atoms in total. The third-order valence-corrected chi connectivity index (χ3v) is 2.50. The number of rotatable bonds is 7. The topological polar surface area (TPSA) is 51.2 Å². The lowest BCUT2D eigenvalue weighted by Gasteiger charge is -2.06. The van der Waals surface area contributed by atoms with E-state index in [0.717, 1.165) is 5.57 Å². The van der Waals surface area contributed by atoms with Gasteiger partial charge in [-0.25, -0.2) is 9.37 Å². The molecule has 0 spiro atoms. The number of aromatic nitrogens is 1. The summed E-state index contributed by atoms with van der Waals surface area (Å²) in [6.45, 7) is 5.15. The van der Waals surface area contributed by atoms with Gasteiger partial charge in [-0.15, -0.1) is 0 Å². The van der Waals surface area contributed by atoms with Crippen molar-refractivity contribution in [2.45, 2.75) is 13.3 Å². The predicted octanol–water partition coefficient (Wildman–Crippen LogP) is 3.51. The zero-order valence-electron chi connectivity index (χ0n) is 11.2. The zero-order chi connectivity index (χ0) is 15.0. The molecule has 1 rings (SSSR count). The van der Waals surface area contributed by atoms with Gasteiger partial charge >= 0.3 is 0 Å². The number of hydrogen-bond acceptors (Lipinski definition) is 3. The van der Waals surface area contributed by atoms with Crippen molar-refractivity contribution in [3.05, 3.63) is 47.4 Å². The highest BCUT2D eigenvalue weighted by Crippen LogP contribution is 2.09. The molecule has 108 valence electrons. The Balaban J connectivity index is 2.24. The summed E-state index contributed by atoms with van der Waals surface area (Å²) in [4.78, 5) is 15.4. The molecule has 6 heteroatoms. The summed E-state index contributed by atoms with van der Waals surface area (Å²) < 4.78 is 17.7. The Morgan fingerprint density at radius 1 is 1.60 bits per heavy atom. The second kappa shape index (κ2) is 8.45. The van der Waals surface area contributed by atoms with Crippen molar-refractivity contribution in [3.8, 4) is 0 Å². The van der Waals surface area contributed by atoms with Crippen molar-refractivity contribution in [3.63, 3.8) is 0 Å². The maximum atomic E-state index is 12.5. The van der Waals surface area contributed by atoms with Gasteiger partial charge in [0.1, 0.15) is 18.3 Å². The number of halogens is 2. The van der Waals surface area contributed by atoms with Crippen molar-refractivity contribution >= 4 is 23.3 Å². The minimum Gasteiger partial charge on any atom is -0.371 e. The normalized spacial score (nSPS) is 11.2. The van der Waals surface area contributed by atoms with Crippen LogP contribution in [0.1, 0.15) is 13.3 Å². The number of amides is 1. The Morgan fingerprint density at radius 3 is 2.95 bits per heavy atom. The van der Waals surface area contributed by atoms with E-state index in [9.17, 15) is 9.18 Å². The number of allylic oxidation sites excluding steroid dienone is 2. The number of anilines is 1. The summed E-state index contributed by atoms with van der Waals surface area (Å²) in [5.41, 5.74) is 0.803. The fraction of sp³-hybridized carbons (Fsp3) is 0.286. The SMILES string of the molecule is C=C(F)/C=C(\C)CCOCC(=O)Nc1ccc(Cl)cn1. The molecule has 0 radical (unpaired) electrons. The van der Waals surface area contributed by atoms with E-state index in [0.29, 0.717) is 23.9 Å². The van der Waals surface area contributed by atoms with Gasteiger partial charge in [0.2, 0.25) is 0 Å². The molecule has 0 saturated carbocycles. The van der Waals surface area contributed by atoms with E-state index in [2.05, 4.69) is 16.9 Å². The van der Waals surface area contributed by atoms with E-state index in [1.807, 2.05) is 0 Å². The molecule has 0 bridgehead atoms. The maximum Gasteiger partial charge on any atom is 0.251 e. The van der Waals surface area contributed by atoms with Gasteiger partial charge in [0.05, 0.1) is 11.6 Å². The Labute approximate surface area is 122 Å². The van der Waals surface area contributed by atoms with E-state index in [-0.39, 0.29) is 12.5 Å². The van der Waals surface area contributed by atoms with Crippen LogP contribution in [0.25, 0.3) is 0 Å². The molecule has 0 aliphatic carbocycles. The summed E-state index contributed by atoms with van der Waals surface area (Å²) in [6, 6.07) is 3.23. The zero-order valence-corrected chi connectivity index (χ0v) is 11.9. The molecular weight excluding hydrogens is 283 g/mol. The molecule has 0 aliphatic heterocycles. The lowest BCUT2D eigenvalue weighted by molar-refractivity contribution is -0.120. The van der Waals surface area contributed by atoms with Crippen LogP contribution in [0.5, 0.6) is 0 Å². The van der Waals surface area contributed by atoms with Gasteiger partial charge in [0.25, 0.3) is 5.91 Å². The molecule has 1 heterocycles. The van der Waals surface area contributed by atoms with Crippen molar-refractivity contribution in [1.29, 1.82) is 0 Å². The summed E-state index contributed by atoms with van der Waals surface area (Å²) in [5.74, 6) is -0.391. The molecule has 0 unspecified atom stereocenters. The first-order valence-electron chi connectivity index (χ1n) is 5.98. The molecule has 1 N–H and O–H groups in total. The molecule has 0 atom stereocenters. The molecule has 1 aromatic heterocycles. The molecule has 0 fully saturated rings. The number of pyridine rings is 1. The summed E-state index contributed by atoms with van der Waals surface area (Å²) in [7, 11) is 0. The van der Waals surface area contributed by atoms with Crippen LogP contribution in [-0.4, -0.2) is 24.1 Å². The van der Waals surface area contributed by atoms with Crippen molar-refractivity contribution in [1.82, 2.24) is 4.98 Å². The number of nitrogens with zero attached hydrogens (tertiary/aromatic N) is 1. The maximum absolute atomic E-state index is 12.5. The Hall–Kier alpha value is -1.72. The highest BCUT2D eigenvalue weighted by molar-refractivity contribution is 6.30. The lowest BCUT2D eigenvalue weighted by atomic mass is 10.2. The fourth-order valence-corrected chi connectivity index (χ4v) is 1.48. The van der Waals surface area contributed by atoms with Gasteiger partial charge < -0.3 is 10.1 Å². The Kier molecular flexibility index (Phi) is 6.90. The van der Waals surface area contributed by atoms with Crippen LogP contribution >= 0.6 is 11.6 Å². The number of carbonyl (C=O) groups is 1. The van der Waals surface area contributed by atoms with Gasteiger partial charge in [-0.1, -0.05) is 23.8 Å². The molecule has 0 aromatic carbocycles. The van der Waals surface area contributed by atoms with Gasteiger partial charge in [-0.05, 0) is 31.6 Å². The molecule has 1 amide bonds. The number of nitrogens with one attached hydrogen (secondary N) is 1. The first kappa shape index (κ1) is 16.3. The quantitative estimate of drug-likeness (QED) is 0.619. The highest BCUT2D eigenvalue weighted by atomic mass is 35.5. The number of hydrogen-bond donors (Lipinski definition) is 1.